The first kappa shape index (κ1) is 18.8. The summed E-state index contributed by atoms with van der Waals surface area (Å²) in [5, 5.41) is 5.80. The molecule has 0 bridgehead atoms. The largest absolute Gasteiger partial charge is 0.341 e. The topological polar surface area (TPSA) is 68.0 Å². The Balaban J connectivity index is 0.00000208. The second-order valence-electron chi connectivity index (χ2n) is 5.92. The van der Waals surface area contributed by atoms with Crippen LogP contribution in [-0.2, 0) is 12.0 Å². The van der Waals surface area contributed by atoms with Crippen LogP contribution in [0.1, 0.15) is 46.7 Å². The molecule has 1 fully saturated rings. The lowest BCUT2D eigenvalue weighted by atomic mass is 9.88. The Labute approximate surface area is 151 Å². The van der Waals surface area contributed by atoms with Crippen molar-refractivity contribution in [3.8, 4) is 0 Å². The highest BCUT2D eigenvalue weighted by molar-refractivity contribution is 7.09. The van der Waals surface area contributed by atoms with E-state index in [1.54, 1.807) is 17.5 Å². The third-order valence-electron chi connectivity index (χ3n) is 4.35. The zero-order chi connectivity index (χ0) is 16.3. The molecule has 1 heterocycles. The number of amides is 1. The molecule has 0 unspecified atom stereocenters. The van der Waals surface area contributed by atoms with Crippen molar-refractivity contribution in [1.29, 1.82) is 0 Å². The van der Waals surface area contributed by atoms with Crippen molar-refractivity contribution >= 4 is 29.7 Å². The number of nitrogens with one attached hydrogen (secondary N) is 1. The first-order chi connectivity index (χ1) is 11.1. The van der Waals surface area contributed by atoms with E-state index in [1.807, 2.05) is 0 Å². The van der Waals surface area contributed by atoms with Gasteiger partial charge in [-0.15, -0.1) is 23.7 Å². The number of rotatable bonds is 5. The van der Waals surface area contributed by atoms with Crippen LogP contribution in [-0.4, -0.2) is 17.4 Å². The van der Waals surface area contributed by atoms with Gasteiger partial charge in [0.15, 0.2) is 0 Å². The van der Waals surface area contributed by atoms with E-state index in [0.717, 1.165) is 36.3 Å². The fourth-order valence-corrected chi connectivity index (χ4v) is 3.96. The standard InChI is InChI=1S/C17H20FN3OS.ClH/c18-13-5-3-12(4-6-13)17(8-1-2-9-17)21-16(22)14-11-23-15(20-14)7-10-19;/h3-6,11H,1-2,7-10,19H2,(H,21,22);1H. The lowest BCUT2D eigenvalue weighted by molar-refractivity contribution is 0.0893. The molecule has 1 aromatic carbocycles. The van der Waals surface area contributed by atoms with E-state index in [2.05, 4.69) is 10.3 Å². The second kappa shape index (κ2) is 8.05. The van der Waals surface area contributed by atoms with Crippen molar-refractivity contribution in [3.05, 3.63) is 51.7 Å². The van der Waals surface area contributed by atoms with E-state index >= 15 is 0 Å². The van der Waals surface area contributed by atoms with Crippen molar-refractivity contribution in [2.75, 3.05) is 6.54 Å². The Bertz CT molecular complexity index is 683. The van der Waals surface area contributed by atoms with E-state index < -0.39 is 5.54 Å². The Morgan fingerprint density at radius 2 is 1.96 bits per heavy atom. The van der Waals surface area contributed by atoms with Crippen LogP contribution >= 0.6 is 23.7 Å². The summed E-state index contributed by atoms with van der Waals surface area (Å²) >= 11 is 1.46. The molecule has 0 atom stereocenters. The first-order valence-corrected chi connectivity index (χ1v) is 8.74. The predicted octanol–water partition coefficient (Wildman–Crippen LogP) is 3.40. The highest BCUT2D eigenvalue weighted by atomic mass is 35.5. The molecule has 130 valence electrons. The van der Waals surface area contributed by atoms with E-state index in [4.69, 9.17) is 5.73 Å². The number of hydrogen-bond donors (Lipinski definition) is 2. The zero-order valence-corrected chi connectivity index (χ0v) is 14.9. The van der Waals surface area contributed by atoms with Gasteiger partial charge in [0.1, 0.15) is 11.5 Å². The molecule has 4 nitrogen and oxygen atoms in total. The van der Waals surface area contributed by atoms with Gasteiger partial charge in [0.2, 0.25) is 0 Å². The first-order valence-electron chi connectivity index (χ1n) is 7.86. The number of hydrogen-bond acceptors (Lipinski definition) is 4. The summed E-state index contributed by atoms with van der Waals surface area (Å²) in [6.45, 7) is 0.522. The molecule has 0 saturated heterocycles. The third kappa shape index (κ3) is 3.94. The maximum atomic E-state index is 13.2. The number of carbonyl (C=O) groups is 1. The van der Waals surface area contributed by atoms with E-state index in [9.17, 15) is 9.18 Å². The quantitative estimate of drug-likeness (QED) is 0.848. The van der Waals surface area contributed by atoms with Gasteiger partial charge >= 0.3 is 0 Å². The lowest BCUT2D eigenvalue weighted by Gasteiger charge is -2.30. The molecular weight excluding hydrogens is 349 g/mol. The van der Waals surface area contributed by atoms with Gasteiger partial charge in [-0.25, -0.2) is 9.37 Å². The Morgan fingerprint density at radius 3 is 2.58 bits per heavy atom. The number of nitrogens with zero attached hydrogens (tertiary/aromatic N) is 1. The van der Waals surface area contributed by atoms with Crippen LogP contribution in [0, 0.1) is 5.82 Å². The summed E-state index contributed by atoms with van der Waals surface area (Å²) in [5.41, 5.74) is 6.51. The summed E-state index contributed by atoms with van der Waals surface area (Å²) in [4.78, 5) is 16.9. The average molecular weight is 370 g/mol. The van der Waals surface area contributed by atoms with Crippen molar-refractivity contribution in [1.82, 2.24) is 10.3 Å². The Kier molecular flexibility index (Phi) is 6.32. The maximum Gasteiger partial charge on any atom is 0.271 e. The number of benzene rings is 1. The maximum absolute atomic E-state index is 13.2. The molecule has 3 N–H and O–H groups in total. The van der Waals surface area contributed by atoms with Crippen molar-refractivity contribution in [2.45, 2.75) is 37.6 Å². The molecule has 1 aliphatic rings. The number of thiazole rings is 1. The number of nitrogens with two attached hydrogens (primary N) is 1. The minimum Gasteiger partial charge on any atom is -0.341 e. The summed E-state index contributed by atoms with van der Waals surface area (Å²) in [6, 6.07) is 6.43. The monoisotopic (exact) mass is 369 g/mol. The van der Waals surface area contributed by atoms with Gasteiger partial charge in [0.25, 0.3) is 5.91 Å². The van der Waals surface area contributed by atoms with Crippen LogP contribution in [0.5, 0.6) is 0 Å². The van der Waals surface area contributed by atoms with Gasteiger partial charge in [-0.3, -0.25) is 4.79 Å². The lowest BCUT2D eigenvalue weighted by Crippen LogP contribution is -2.44. The van der Waals surface area contributed by atoms with Crippen LogP contribution in [0.2, 0.25) is 0 Å². The predicted molar refractivity (Wildman–Crippen MR) is 96.1 cm³/mol. The highest BCUT2D eigenvalue weighted by Crippen LogP contribution is 2.39. The highest BCUT2D eigenvalue weighted by Gasteiger charge is 2.37. The minimum absolute atomic E-state index is 0. The van der Waals surface area contributed by atoms with Crippen LogP contribution in [0.15, 0.2) is 29.6 Å². The van der Waals surface area contributed by atoms with Gasteiger partial charge in [-0.05, 0) is 37.1 Å². The van der Waals surface area contributed by atoms with Crippen molar-refractivity contribution in [2.24, 2.45) is 5.73 Å². The summed E-state index contributed by atoms with van der Waals surface area (Å²) in [7, 11) is 0. The van der Waals surface area contributed by atoms with Gasteiger partial charge in [-0.1, -0.05) is 25.0 Å². The molecule has 1 amide bonds. The number of halogens is 2. The van der Waals surface area contributed by atoms with Gasteiger partial charge in [0.05, 0.1) is 10.5 Å². The third-order valence-corrected chi connectivity index (χ3v) is 5.26. The van der Waals surface area contributed by atoms with Crippen molar-refractivity contribution < 1.29 is 9.18 Å². The molecule has 0 radical (unpaired) electrons. The molecule has 1 aromatic heterocycles. The second-order valence-corrected chi connectivity index (χ2v) is 6.86. The van der Waals surface area contributed by atoms with E-state index in [-0.39, 0.29) is 24.1 Å². The summed E-state index contributed by atoms with van der Waals surface area (Å²) in [6.07, 6.45) is 4.51. The molecule has 24 heavy (non-hydrogen) atoms. The van der Waals surface area contributed by atoms with Crippen LogP contribution in [0.4, 0.5) is 4.39 Å². The molecule has 0 aliphatic heterocycles. The van der Waals surface area contributed by atoms with Crippen LogP contribution < -0.4 is 11.1 Å². The summed E-state index contributed by atoms with van der Waals surface area (Å²) in [5.74, 6) is -0.435. The number of aromatic nitrogens is 1. The van der Waals surface area contributed by atoms with Gasteiger partial charge in [-0.2, -0.15) is 0 Å². The number of carbonyl (C=O) groups excluding carboxylic acids is 1. The molecule has 7 heteroatoms. The average Bonchev–Trinajstić information content (AvgIpc) is 3.18. The molecular formula is C17H21ClFN3OS. The zero-order valence-electron chi connectivity index (χ0n) is 13.3. The van der Waals surface area contributed by atoms with Gasteiger partial charge < -0.3 is 11.1 Å². The fraction of sp³-hybridized carbons (Fsp3) is 0.412. The van der Waals surface area contributed by atoms with Crippen LogP contribution in [0.3, 0.4) is 0 Å². The van der Waals surface area contributed by atoms with E-state index in [1.165, 1.54) is 23.5 Å². The Morgan fingerprint density at radius 1 is 1.29 bits per heavy atom. The van der Waals surface area contributed by atoms with Crippen LogP contribution in [0.25, 0.3) is 0 Å². The fourth-order valence-electron chi connectivity index (χ4n) is 3.17. The molecule has 2 aromatic rings. The molecule has 1 saturated carbocycles. The Hall–Kier alpha value is -1.50. The molecule has 3 rings (SSSR count). The summed E-state index contributed by atoms with van der Waals surface area (Å²) < 4.78 is 13.2. The SMILES string of the molecule is Cl.NCCc1nc(C(=O)NC2(c3ccc(F)cc3)CCCC2)cs1. The van der Waals surface area contributed by atoms with Crippen molar-refractivity contribution in [3.63, 3.8) is 0 Å². The normalized spacial score (nSPS) is 15.8. The molecule has 1 aliphatic carbocycles. The smallest absolute Gasteiger partial charge is 0.271 e. The molecule has 0 spiro atoms. The minimum atomic E-state index is -0.414. The van der Waals surface area contributed by atoms with Gasteiger partial charge in [0, 0.05) is 11.8 Å². The van der Waals surface area contributed by atoms with E-state index in [0.29, 0.717) is 18.7 Å².